The van der Waals surface area contributed by atoms with Crippen LogP contribution in [-0.2, 0) is 22.6 Å². The van der Waals surface area contributed by atoms with Crippen LogP contribution in [0.2, 0.25) is 0 Å². The third kappa shape index (κ3) is 4.66. The van der Waals surface area contributed by atoms with Crippen molar-refractivity contribution in [1.82, 2.24) is 19.9 Å². The molecule has 0 saturated heterocycles. The van der Waals surface area contributed by atoms with Crippen LogP contribution in [0.4, 0.5) is 5.82 Å². The Hall–Kier alpha value is -4.09. The smallest absolute Gasteiger partial charge is 0.326 e. The van der Waals surface area contributed by atoms with Crippen LogP contribution in [-0.4, -0.2) is 48.6 Å². The molecular formula is C18H19N5O7. The van der Waals surface area contributed by atoms with Gasteiger partial charge in [0.25, 0.3) is 11.5 Å². The highest BCUT2D eigenvalue weighted by atomic mass is 16.4. The van der Waals surface area contributed by atoms with Crippen LogP contribution in [0.25, 0.3) is 11.0 Å². The first-order valence-electron chi connectivity index (χ1n) is 8.92. The van der Waals surface area contributed by atoms with Crippen molar-refractivity contribution in [2.24, 2.45) is 0 Å². The molecule has 0 aromatic carbocycles. The Morgan fingerprint density at radius 3 is 2.77 bits per heavy atom. The summed E-state index contributed by atoms with van der Waals surface area (Å²) in [6.45, 7) is 0.234. The maximum Gasteiger partial charge on any atom is 0.326 e. The van der Waals surface area contributed by atoms with Crippen molar-refractivity contribution in [3.8, 4) is 0 Å². The number of aromatic amines is 1. The summed E-state index contributed by atoms with van der Waals surface area (Å²) in [7, 11) is 0. The Morgan fingerprint density at radius 1 is 1.30 bits per heavy atom. The number of nitrogens with two attached hydrogens (primary N) is 1. The molecule has 1 amide bonds. The molecule has 3 rings (SSSR count). The molecule has 158 valence electrons. The lowest BCUT2D eigenvalue weighted by Crippen LogP contribution is -2.41. The second-order valence-electron chi connectivity index (χ2n) is 6.54. The van der Waals surface area contributed by atoms with Gasteiger partial charge in [0.05, 0.1) is 11.7 Å². The first kappa shape index (κ1) is 20.6. The SMILES string of the molecule is Nc1cc2c(=O)n(CCc3ccc(C(=O)N[C@@H](CCC(=O)O)C(=O)O)o3)cnc2[nH]1. The van der Waals surface area contributed by atoms with Gasteiger partial charge in [-0.2, -0.15) is 0 Å². The Kier molecular flexibility index (Phi) is 5.85. The third-order valence-corrected chi connectivity index (χ3v) is 4.37. The van der Waals surface area contributed by atoms with Crippen molar-refractivity contribution >= 4 is 34.7 Å². The van der Waals surface area contributed by atoms with E-state index in [-0.39, 0.29) is 30.7 Å². The van der Waals surface area contributed by atoms with Crippen LogP contribution >= 0.6 is 0 Å². The largest absolute Gasteiger partial charge is 0.481 e. The molecule has 0 aliphatic rings. The maximum absolute atomic E-state index is 12.4. The Bertz CT molecular complexity index is 1160. The number of furan rings is 1. The first-order valence-corrected chi connectivity index (χ1v) is 8.92. The molecule has 6 N–H and O–H groups in total. The lowest BCUT2D eigenvalue weighted by atomic mass is 10.1. The molecular weight excluding hydrogens is 398 g/mol. The van der Waals surface area contributed by atoms with E-state index in [9.17, 15) is 19.2 Å². The predicted octanol–water partition coefficient (Wildman–Crippen LogP) is 0.190. The van der Waals surface area contributed by atoms with Gasteiger partial charge in [0, 0.05) is 19.4 Å². The molecule has 0 spiro atoms. The number of fused-ring (bicyclic) bond motifs is 1. The number of hydrogen-bond acceptors (Lipinski definition) is 7. The summed E-state index contributed by atoms with van der Waals surface area (Å²) in [5, 5.41) is 20.4. The van der Waals surface area contributed by atoms with Gasteiger partial charge in [0.15, 0.2) is 5.76 Å². The average Bonchev–Trinajstić information content (AvgIpc) is 3.30. The van der Waals surface area contributed by atoms with Gasteiger partial charge in [-0.25, -0.2) is 9.78 Å². The minimum Gasteiger partial charge on any atom is -0.481 e. The molecule has 3 aromatic rings. The molecule has 0 radical (unpaired) electrons. The Morgan fingerprint density at radius 2 is 2.07 bits per heavy atom. The van der Waals surface area contributed by atoms with Crippen LogP contribution in [0.1, 0.15) is 29.2 Å². The number of carbonyl (C=O) groups is 3. The number of carboxylic acids is 2. The number of anilines is 1. The number of nitrogens with one attached hydrogen (secondary N) is 2. The van der Waals surface area contributed by atoms with Gasteiger partial charge in [0.1, 0.15) is 23.3 Å². The molecule has 12 heteroatoms. The fourth-order valence-electron chi connectivity index (χ4n) is 2.84. The van der Waals surface area contributed by atoms with Gasteiger partial charge in [-0.15, -0.1) is 0 Å². The summed E-state index contributed by atoms with van der Waals surface area (Å²) >= 11 is 0. The van der Waals surface area contributed by atoms with Crippen LogP contribution in [0.15, 0.2) is 33.7 Å². The fraction of sp³-hybridized carbons (Fsp3) is 0.278. The van der Waals surface area contributed by atoms with Crippen molar-refractivity contribution in [3.05, 3.63) is 46.4 Å². The summed E-state index contributed by atoms with van der Waals surface area (Å²) in [6.07, 6.45) is 0.991. The topological polar surface area (TPSA) is 194 Å². The van der Waals surface area contributed by atoms with E-state index < -0.39 is 30.3 Å². The Balaban J connectivity index is 1.64. The number of aromatic nitrogens is 3. The number of nitrogen functional groups attached to an aromatic ring is 1. The zero-order valence-electron chi connectivity index (χ0n) is 15.6. The lowest BCUT2D eigenvalue weighted by Gasteiger charge is -2.12. The van der Waals surface area contributed by atoms with E-state index in [0.717, 1.165) is 0 Å². The van der Waals surface area contributed by atoms with E-state index in [0.29, 0.717) is 22.6 Å². The molecule has 0 saturated carbocycles. The number of H-pyrrole nitrogens is 1. The lowest BCUT2D eigenvalue weighted by molar-refractivity contribution is -0.140. The van der Waals surface area contributed by atoms with E-state index in [4.69, 9.17) is 20.4 Å². The molecule has 3 aromatic heterocycles. The number of hydrogen-bond donors (Lipinski definition) is 5. The van der Waals surface area contributed by atoms with Crippen LogP contribution in [0, 0.1) is 0 Å². The summed E-state index contributed by atoms with van der Waals surface area (Å²) in [4.78, 5) is 53.3. The van der Waals surface area contributed by atoms with Gasteiger partial charge in [-0.1, -0.05) is 0 Å². The van der Waals surface area contributed by atoms with Crippen molar-refractivity contribution in [1.29, 1.82) is 0 Å². The molecule has 0 bridgehead atoms. The van der Waals surface area contributed by atoms with Crippen molar-refractivity contribution in [2.75, 3.05) is 5.73 Å². The van der Waals surface area contributed by atoms with Gasteiger partial charge in [-0.3, -0.25) is 19.0 Å². The van der Waals surface area contributed by atoms with Gasteiger partial charge >= 0.3 is 11.9 Å². The van der Waals surface area contributed by atoms with Crippen molar-refractivity contribution < 1.29 is 29.0 Å². The number of aryl methyl sites for hydroxylation is 2. The fourth-order valence-corrected chi connectivity index (χ4v) is 2.84. The number of aliphatic carboxylic acids is 2. The molecule has 1 atom stereocenters. The minimum absolute atomic E-state index is 0.120. The molecule has 3 heterocycles. The van der Waals surface area contributed by atoms with E-state index >= 15 is 0 Å². The predicted molar refractivity (Wildman–Crippen MR) is 103 cm³/mol. The van der Waals surface area contributed by atoms with Crippen molar-refractivity contribution in [2.45, 2.75) is 31.8 Å². The standard InChI is InChI=1S/C18H19N5O7/c19-13-7-10-15(22-13)20-8-23(17(10)27)6-5-9-1-3-12(30-9)16(26)21-11(18(28)29)2-4-14(24)25/h1,3,7-8,11,22H,2,4-6,19H2,(H,21,26)(H,24,25)(H,28,29)/t11-/m0/s1. The van der Waals surface area contributed by atoms with E-state index in [2.05, 4.69) is 15.3 Å². The number of carbonyl (C=O) groups excluding carboxylic acids is 1. The molecule has 0 aliphatic carbocycles. The van der Waals surface area contributed by atoms with E-state index in [1.165, 1.54) is 29.1 Å². The molecule has 0 fully saturated rings. The zero-order chi connectivity index (χ0) is 21.8. The molecule has 12 nitrogen and oxygen atoms in total. The second-order valence-corrected chi connectivity index (χ2v) is 6.54. The molecule has 0 aliphatic heterocycles. The third-order valence-electron chi connectivity index (χ3n) is 4.37. The second kappa shape index (κ2) is 8.51. The minimum atomic E-state index is -1.35. The van der Waals surface area contributed by atoms with Gasteiger partial charge < -0.3 is 30.7 Å². The number of nitrogens with zero attached hydrogens (tertiary/aromatic N) is 2. The van der Waals surface area contributed by atoms with Gasteiger partial charge in [-0.05, 0) is 24.6 Å². The maximum atomic E-state index is 12.4. The van der Waals surface area contributed by atoms with Crippen molar-refractivity contribution in [3.63, 3.8) is 0 Å². The summed E-state index contributed by atoms with van der Waals surface area (Å²) in [6, 6.07) is 3.05. The summed E-state index contributed by atoms with van der Waals surface area (Å²) in [5.41, 5.74) is 5.74. The number of rotatable bonds is 9. The van der Waals surface area contributed by atoms with Gasteiger partial charge in [0.2, 0.25) is 0 Å². The normalized spacial score (nSPS) is 12.0. The summed E-state index contributed by atoms with van der Waals surface area (Å²) in [5.74, 6) is -2.67. The van der Waals surface area contributed by atoms with Crippen LogP contribution in [0.3, 0.4) is 0 Å². The van der Waals surface area contributed by atoms with Crippen LogP contribution < -0.4 is 16.6 Å². The highest BCUT2D eigenvalue weighted by molar-refractivity contribution is 5.94. The summed E-state index contributed by atoms with van der Waals surface area (Å²) < 4.78 is 6.80. The average molecular weight is 417 g/mol. The highest BCUT2D eigenvalue weighted by Crippen LogP contribution is 2.12. The van der Waals surface area contributed by atoms with E-state index in [1.807, 2.05) is 0 Å². The van der Waals surface area contributed by atoms with E-state index in [1.54, 1.807) is 0 Å². The first-order chi connectivity index (χ1) is 14.2. The Labute approximate surface area is 168 Å². The monoisotopic (exact) mass is 417 g/mol. The zero-order valence-corrected chi connectivity index (χ0v) is 15.6. The quantitative estimate of drug-likeness (QED) is 0.323. The number of amides is 1. The number of carboxylic acid groups (broad SMARTS) is 2. The van der Waals surface area contributed by atoms with Crippen LogP contribution in [0.5, 0.6) is 0 Å². The highest BCUT2D eigenvalue weighted by Gasteiger charge is 2.23. The molecule has 30 heavy (non-hydrogen) atoms. The molecule has 0 unspecified atom stereocenters.